The zero-order valence-corrected chi connectivity index (χ0v) is 11.5. The number of nitrogens with one attached hydrogen (secondary N) is 1. The van der Waals surface area contributed by atoms with Crippen molar-refractivity contribution in [3.05, 3.63) is 23.4 Å². The maximum atomic E-state index is 12.7. The number of primary amides is 1. The molecule has 1 aromatic heterocycles. The highest BCUT2D eigenvalue weighted by Gasteiger charge is 2.38. The summed E-state index contributed by atoms with van der Waals surface area (Å²) in [6, 6.07) is 1.77. The molecule has 0 unspecified atom stereocenters. The van der Waals surface area contributed by atoms with E-state index in [2.05, 4.69) is 10.3 Å². The first-order chi connectivity index (χ1) is 9.77. The minimum Gasteiger partial charge on any atom is -0.376 e. The third-order valence-corrected chi connectivity index (χ3v) is 3.73. The summed E-state index contributed by atoms with van der Waals surface area (Å²) in [5.74, 6) is -1.00. The number of halogens is 3. The van der Waals surface area contributed by atoms with E-state index in [0.29, 0.717) is 0 Å². The van der Waals surface area contributed by atoms with Crippen molar-refractivity contribution in [3.8, 4) is 0 Å². The van der Waals surface area contributed by atoms with Crippen molar-refractivity contribution in [2.75, 3.05) is 19.0 Å². The number of amides is 1. The van der Waals surface area contributed by atoms with Gasteiger partial charge in [-0.15, -0.1) is 0 Å². The molecule has 8 heteroatoms. The molecule has 1 heterocycles. The Morgan fingerprint density at radius 1 is 1.48 bits per heavy atom. The fraction of sp³-hybridized carbons (Fsp3) is 0.538. The molecule has 1 fully saturated rings. The Morgan fingerprint density at radius 3 is 2.57 bits per heavy atom. The van der Waals surface area contributed by atoms with Gasteiger partial charge in [-0.3, -0.25) is 4.79 Å². The third kappa shape index (κ3) is 3.26. The molecule has 1 amide bonds. The van der Waals surface area contributed by atoms with Crippen LogP contribution in [0.2, 0.25) is 0 Å². The number of nitrogens with zero attached hydrogens (tertiary/aromatic N) is 1. The smallest absolute Gasteiger partial charge is 0.376 e. The number of carbonyl (C=O) groups excluding carboxylic acids is 1. The number of ether oxygens (including phenoxy) is 1. The number of aromatic nitrogens is 1. The average Bonchev–Trinajstić information content (AvgIpc) is 2.36. The summed E-state index contributed by atoms with van der Waals surface area (Å²) in [5.41, 5.74) is 3.60. The van der Waals surface area contributed by atoms with Gasteiger partial charge in [0.25, 0.3) is 5.91 Å². The van der Waals surface area contributed by atoms with Gasteiger partial charge in [0.15, 0.2) is 0 Å². The third-order valence-electron chi connectivity index (χ3n) is 3.73. The Bertz CT molecular complexity index is 536. The van der Waals surface area contributed by atoms with E-state index in [1.807, 2.05) is 0 Å². The second kappa shape index (κ2) is 5.51. The predicted octanol–water partition coefficient (Wildman–Crippen LogP) is 2.18. The average molecular weight is 303 g/mol. The molecule has 0 radical (unpaired) electrons. The lowest BCUT2D eigenvalue weighted by Gasteiger charge is -2.40. The van der Waals surface area contributed by atoms with Crippen molar-refractivity contribution in [2.45, 2.75) is 31.0 Å². The number of carbonyl (C=O) groups is 1. The van der Waals surface area contributed by atoms with E-state index in [1.54, 1.807) is 7.11 Å². The summed E-state index contributed by atoms with van der Waals surface area (Å²) in [5, 5.41) is 2.76. The zero-order valence-electron chi connectivity index (χ0n) is 11.5. The summed E-state index contributed by atoms with van der Waals surface area (Å²) in [7, 11) is 1.55. The molecule has 1 saturated carbocycles. The van der Waals surface area contributed by atoms with Gasteiger partial charge >= 0.3 is 6.18 Å². The van der Waals surface area contributed by atoms with E-state index in [-0.39, 0.29) is 17.9 Å². The summed E-state index contributed by atoms with van der Waals surface area (Å²) < 4.78 is 43.4. The molecule has 21 heavy (non-hydrogen) atoms. The number of pyridine rings is 1. The van der Waals surface area contributed by atoms with Gasteiger partial charge in [0.05, 0.1) is 11.2 Å². The fourth-order valence-electron chi connectivity index (χ4n) is 2.22. The Morgan fingerprint density at radius 2 is 2.14 bits per heavy atom. The van der Waals surface area contributed by atoms with Gasteiger partial charge in [-0.05, 0) is 31.4 Å². The van der Waals surface area contributed by atoms with Crippen LogP contribution in [0, 0.1) is 0 Å². The van der Waals surface area contributed by atoms with Crippen LogP contribution in [0.25, 0.3) is 0 Å². The highest BCUT2D eigenvalue weighted by molar-refractivity contribution is 5.97. The summed E-state index contributed by atoms with van der Waals surface area (Å²) in [6.45, 7) is 0.276. The molecule has 3 N–H and O–H groups in total. The van der Waals surface area contributed by atoms with Crippen LogP contribution in [0.3, 0.4) is 0 Å². The largest absolute Gasteiger partial charge is 0.433 e. The van der Waals surface area contributed by atoms with E-state index < -0.39 is 23.4 Å². The Labute approximate surface area is 119 Å². The Balaban J connectivity index is 2.24. The summed E-state index contributed by atoms with van der Waals surface area (Å²) >= 11 is 0. The van der Waals surface area contributed by atoms with Crippen molar-refractivity contribution in [3.63, 3.8) is 0 Å². The second-order valence-corrected chi connectivity index (χ2v) is 5.05. The van der Waals surface area contributed by atoms with Crippen LogP contribution in [0.5, 0.6) is 0 Å². The van der Waals surface area contributed by atoms with E-state index in [4.69, 9.17) is 10.5 Å². The van der Waals surface area contributed by atoms with Crippen molar-refractivity contribution < 1.29 is 22.7 Å². The van der Waals surface area contributed by atoms with E-state index in [9.17, 15) is 18.0 Å². The SMILES string of the molecule is COC1(CNc2nc(C(F)(F)F)ccc2C(N)=O)CCC1. The molecule has 0 atom stereocenters. The van der Waals surface area contributed by atoms with Gasteiger partial charge in [0, 0.05) is 13.7 Å². The molecule has 0 bridgehead atoms. The Kier molecular flexibility index (Phi) is 4.08. The normalized spacial score (nSPS) is 17.1. The quantitative estimate of drug-likeness (QED) is 0.874. The molecule has 0 aliphatic heterocycles. The van der Waals surface area contributed by atoms with Crippen molar-refractivity contribution >= 4 is 11.7 Å². The first-order valence-corrected chi connectivity index (χ1v) is 6.44. The molecule has 0 aromatic carbocycles. The van der Waals surface area contributed by atoms with Crippen LogP contribution in [0.1, 0.15) is 35.3 Å². The predicted molar refractivity (Wildman–Crippen MR) is 69.8 cm³/mol. The minimum atomic E-state index is -4.58. The standard InChI is InChI=1S/C13H16F3N3O2/c1-21-12(5-2-6-12)7-18-11-8(10(17)20)3-4-9(19-11)13(14,15)16/h3-4H,2,5-7H2,1H3,(H2,17,20)(H,18,19). The van der Waals surface area contributed by atoms with Crippen LogP contribution in [-0.2, 0) is 10.9 Å². The molecule has 5 nitrogen and oxygen atoms in total. The molecule has 2 rings (SSSR count). The van der Waals surface area contributed by atoms with E-state index in [1.165, 1.54) is 0 Å². The lowest BCUT2D eigenvalue weighted by atomic mass is 9.80. The molecule has 0 saturated heterocycles. The highest BCUT2D eigenvalue weighted by atomic mass is 19.4. The van der Waals surface area contributed by atoms with Gasteiger partial charge in [0.1, 0.15) is 11.5 Å². The first-order valence-electron chi connectivity index (χ1n) is 6.44. The molecule has 1 aliphatic carbocycles. The van der Waals surface area contributed by atoms with Crippen molar-refractivity contribution in [2.24, 2.45) is 5.73 Å². The van der Waals surface area contributed by atoms with Crippen LogP contribution >= 0.6 is 0 Å². The number of rotatable bonds is 5. The molecule has 1 aliphatic rings. The fourth-order valence-corrected chi connectivity index (χ4v) is 2.22. The topological polar surface area (TPSA) is 77.2 Å². The number of hydrogen-bond donors (Lipinski definition) is 2. The lowest BCUT2D eigenvalue weighted by Crippen LogP contribution is -2.45. The number of anilines is 1. The summed E-state index contributed by atoms with van der Waals surface area (Å²) in [4.78, 5) is 14.8. The van der Waals surface area contributed by atoms with E-state index in [0.717, 1.165) is 31.4 Å². The second-order valence-electron chi connectivity index (χ2n) is 5.05. The van der Waals surface area contributed by atoms with Gasteiger partial charge in [-0.1, -0.05) is 0 Å². The number of hydrogen-bond acceptors (Lipinski definition) is 4. The maximum absolute atomic E-state index is 12.7. The Hall–Kier alpha value is -1.83. The number of methoxy groups -OCH3 is 1. The first kappa shape index (κ1) is 15.6. The molecular formula is C13H16F3N3O2. The molecule has 0 spiro atoms. The highest BCUT2D eigenvalue weighted by Crippen LogP contribution is 2.35. The minimum absolute atomic E-state index is 0.0754. The molecular weight excluding hydrogens is 287 g/mol. The zero-order chi connectivity index (χ0) is 15.7. The van der Waals surface area contributed by atoms with Crippen molar-refractivity contribution in [1.29, 1.82) is 0 Å². The number of nitrogens with two attached hydrogens (primary N) is 1. The maximum Gasteiger partial charge on any atom is 0.433 e. The van der Waals surface area contributed by atoms with Gasteiger partial charge in [-0.2, -0.15) is 13.2 Å². The van der Waals surface area contributed by atoms with Crippen molar-refractivity contribution in [1.82, 2.24) is 4.98 Å². The molecule has 1 aromatic rings. The van der Waals surface area contributed by atoms with Gasteiger partial charge < -0.3 is 15.8 Å². The molecule has 116 valence electrons. The number of alkyl halides is 3. The van der Waals surface area contributed by atoms with Crippen LogP contribution in [0.4, 0.5) is 19.0 Å². The van der Waals surface area contributed by atoms with Crippen LogP contribution in [0.15, 0.2) is 12.1 Å². The summed E-state index contributed by atoms with van der Waals surface area (Å²) in [6.07, 6.45) is -1.97. The van der Waals surface area contributed by atoms with Crippen LogP contribution < -0.4 is 11.1 Å². The van der Waals surface area contributed by atoms with Gasteiger partial charge in [-0.25, -0.2) is 4.98 Å². The van der Waals surface area contributed by atoms with Gasteiger partial charge in [0.2, 0.25) is 0 Å². The lowest BCUT2D eigenvalue weighted by molar-refractivity contribution is -0.141. The van der Waals surface area contributed by atoms with E-state index >= 15 is 0 Å². The van der Waals surface area contributed by atoms with Crippen LogP contribution in [-0.4, -0.2) is 30.1 Å². The monoisotopic (exact) mass is 303 g/mol.